The molecular formula is C32H58O8S2. The van der Waals surface area contributed by atoms with Gasteiger partial charge in [-0.15, -0.1) is 0 Å². The van der Waals surface area contributed by atoms with Crippen molar-refractivity contribution < 1.29 is 35.4 Å². The highest BCUT2D eigenvalue weighted by molar-refractivity contribution is 7.86. The smallest absolute Gasteiger partial charge is 0.264 e. The molecule has 0 saturated carbocycles. The minimum atomic E-state index is -3.70. The van der Waals surface area contributed by atoms with Crippen LogP contribution in [0.1, 0.15) is 120 Å². The second-order valence-corrected chi connectivity index (χ2v) is 16.0. The minimum Gasteiger partial charge on any atom is -0.388 e. The first-order valence-electron chi connectivity index (χ1n) is 14.8. The van der Waals surface area contributed by atoms with Crippen LogP contribution in [-0.2, 0) is 28.6 Å². The van der Waals surface area contributed by atoms with Gasteiger partial charge >= 0.3 is 0 Å². The highest BCUT2D eigenvalue weighted by atomic mass is 32.2. The normalized spacial score (nSPS) is 17.1. The molecule has 0 aliphatic carbocycles. The fraction of sp³-hybridized carbons (Fsp3) is 0.750. The maximum absolute atomic E-state index is 11.8. The van der Waals surface area contributed by atoms with E-state index in [0.717, 1.165) is 54.9 Å². The summed E-state index contributed by atoms with van der Waals surface area (Å²) in [5, 5.41) is 21.2. The van der Waals surface area contributed by atoms with E-state index in [1.54, 1.807) is 20.8 Å². The van der Waals surface area contributed by atoms with Crippen molar-refractivity contribution in [2.45, 2.75) is 143 Å². The second kappa shape index (κ2) is 18.5. The maximum atomic E-state index is 11.8. The molecule has 0 aromatic heterocycles. The molecule has 0 unspecified atom stereocenters. The summed E-state index contributed by atoms with van der Waals surface area (Å²) >= 11 is 0. The first-order chi connectivity index (χ1) is 19.0. The van der Waals surface area contributed by atoms with Gasteiger partial charge in [0.25, 0.3) is 20.2 Å². The molecule has 0 aliphatic rings. The summed E-state index contributed by atoms with van der Waals surface area (Å²) in [5.41, 5.74) is 2.17. The van der Waals surface area contributed by atoms with Gasteiger partial charge in [0.15, 0.2) is 0 Å². The van der Waals surface area contributed by atoms with E-state index >= 15 is 0 Å². The Kier molecular flexibility index (Phi) is 17.9. The van der Waals surface area contributed by atoms with E-state index in [4.69, 9.17) is 8.37 Å². The molecule has 0 bridgehead atoms. The van der Waals surface area contributed by atoms with Crippen LogP contribution in [0.25, 0.3) is 0 Å². The van der Waals surface area contributed by atoms with Crippen LogP contribution < -0.4 is 0 Å². The van der Waals surface area contributed by atoms with Crippen LogP contribution in [0.2, 0.25) is 0 Å². The molecule has 2 N–H and O–H groups in total. The monoisotopic (exact) mass is 634 g/mol. The predicted octanol–water partition coefficient (Wildman–Crippen LogP) is 6.90. The zero-order valence-corrected chi connectivity index (χ0v) is 29.3. The van der Waals surface area contributed by atoms with Crippen molar-refractivity contribution in [3.05, 3.63) is 46.6 Å². The van der Waals surface area contributed by atoms with Gasteiger partial charge in [0.2, 0.25) is 0 Å². The quantitative estimate of drug-likeness (QED) is 0.0793. The first-order valence-corrected chi connectivity index (χ1v) is 18.5. The molecule has 8 nitrogen and oxygen atoms in total. The van der Waals surface area contributed by atoms with E-state index in [1.807, 2.05) is 33.8 Å². The molecule has 0 heterocycles. The topological polar surface area (TPSA) is 127 Å². The number of hydrogen-bond donors (Lipinski definition) is 2. The molecule has 0 spiro atoms. The van der Waals surface area contributed by atoms with Gasteiger partial charge < -0.3 is 10.2 Å². The van der Waals surface area contributed by atoms with Crippen LogP contribution in [0.3, 0.4) is 0 Å². The molecule has 0 saturated heterocycles. The van der Waals surface area contributed by atoms with Gasteiger partial charge in [-0.2, -0.15) is 16.8 Å². The SMILES string of the molecule is CC(C)=CCC[C@](C)(O)[C@@H](CC/C(C)=C/CC/C=C(\C)CC/C=C(\C)CC[C@@H](OS(C)(=O)=O)C(C)(C)O)OS(C)(=O)=O. The van der Waals surface area contributed by atoms with E-state index in [-0.39, 0.29) is 0 Å². The third-order valence-electron chi connectivity index (χ3n) is 7.05. The number of hydrogen-bond acceptors (Lipinski definition) is 8. The lowest BCUT2D eigenvalue weighted by Crippen LogP contribution is -2.42. The fourth-order valence-electron chi connectivity index (χ4n) is 4.45. The van der Waals surface area contributed by atoms with Crippen LogP contribution in [-0.4, -0.2) is 63.0 Å². The maximum Gasteiger partial charge on any atom is 0.264 e. The van der Waals surface area contributed by atoms with E-state index in [2.05, 4.69) is 25.2 Å². The average molecular weight is 635 g/mol. The Morgan fingerprint density at radius 1 is 0.643 bits per heavy atom. The summed E-state index contributed by atoms with van der Waals surface area (Å²) in [7, 11) is -7.36. The third kappa shape index (κ3) is 21.4. The van der Waals surface area contributed by atoms with Gasteiger partial charge in [-0.05, 0) is 120 Å². The van der Waals surface area contributed by atoms with Gasteiger partial charge in [-0.25, -0.2) is 0 Å². The highest BCUT2D eigenvalue weighted by Gasteiger charge is 2.34. The van der Waals surface area contributed by atoms with Crippen LogP contribution in [0.15, 0.2) is 46.6 Å². The summed E-state index contributed by atoms with van der Waals surface area (Å²) in [5.74, 6) is 0. The van der Waals surface area contributed by atoms with E-state index < -0.39 is 43.6 Å². The Labute approximate surface area is 257 Å². The Bertz CT molecular complexity index is 1150. The van der Waals surface area contributed by atoms with Gasteiger partial charge in [0.05, 0.1) is 23.7 Å². The van der Waals surface area contributed by atoms with Crippen LogP contribution in [0, 0.1) is 0 Å². The minimum absolute atomic E-state index is 0.411. The molecule has 0 fully saturated rings. The standard InChI is InChI=1S/C32H58O8S2/c1-25(2)15-14-24-32(8,34)30(40-42(10,37)38)23-21-27(4)17-12-11-16-26(3)18-13-19-28(5)20-22-29(31(6,7)33)39-41(9,35)36/h15-17,19,29-30,33-34H,11-14,18,20-24H2,1-10H3/b26-16+,27-17+,28-19+/t29-,30-,32+/m1/s1. The molecule has 0 rings (SSSR count). The molecule has 42 heavy (non-hydrogen) atoms. The van der Waals surface area contributed by atoms with Crippen LogP contribution in [0.5, 0.6) is 0 Å². The number of aliphatic hydroxyl groups is 2. The largest absolute Gasteiger partial charge is 0.388 e. The van der Waals surface area contributed by atoms with Crippen molar-refractivity contribution in [2.75, 3.05) is 12.5 Å². The first kappa shape index (κ1) is 40.7. The van der Waals surface area contributed by atoms with Crippen molar-refractivity contribution in [3.63, 3.8) is 0 Å². The zero-order valence-electron chi connectivity index (χ0n) is 27.7. The van der Waals surface area contributed by atoms with Crippen molar-refractivity contribution in [1.29, 1.82) is 0 Å². The average Bonchev–Trinajstić information content (AvgIpc) is 2.79. The molecule has 246 valence electrons. The molecule has 10 heteroatoms. The van der Waals surface area contributed by atoms with Crippen molar-refractivity contribution >= 4 is 20.2 Å². The van der Waals surface area contributed by atoms with Crippen LogP contribution in [0.4, 0.5) is 0 Å². The summed E-state index contributed by atoms with van der Waals surface area (Å²) in [4.78, 5) is 0. The lowest BCUT2D eigenvalue weighted by atomic mass is 9.89. The van der Waals surface area contributed by atoms with Crippen molar-refractivity contribution in [2.24, 2.45) is 0 Å². The van der Waals surface area contributed by atoms with Gasteiger partial charge in [-0.1, -0.05) is 46.6 Å². The highest BCUT2D eigenvalue weighted by Crippen LogP contribution is 2.27. The Morgan fingerprint density at radius 3 is 1.48 bits per heavy atom. The Hall–Kier alpha value is -1.30. The molecule has 0 aliphatic heterocycles. The lowest BCUT2D eigenvalue weighted by molar-refractivity contribution is -0.0532. The Balaban J connectivity index is 4.81. The molecule has 3 atom stereocenters. The number of unbranched alkanes of at least 4 members (excludes halogenated alkanes) is 1. The zero-order chi connectivity index (χ0) is 32.8. The van der Waals surface area contributed by atoms with E-state index in [1.165, 1.54) is 5.57 Å². The second-order valence-electron chi connectivity index (χ2n) is 12.8. The summed E-state index contributed by atoms with van der Waals surface area (Å²) in [6, 6.07) is 0. The number of allylic oxidation sites excluding steroid dienone is 8. The van der Waals surface area contributed by atoms with Gasteiger partial charge in [-0.3, -0.25) is 8.37 Å². The number of rotatable bonds is 21. The third-order valence-corrected chi connectivity index (χ3v) is 8.22. The van der Waals surface area contributed by atoms with Crippen molar-refractivity contribution in [1.82, 2.24) is 0 Å². The van der Waals surface area contributed by atoms with Gasteiger partial charge in [0.1, 0.15) is 12.2 Å². The van der Waals surface area contributed by atoms with E-state index in [0.29, 0.717) is 38.5 Å². The van der Waals surface area contributed by atoms with Crippen LogP contribution >= 0.6 is 0 Å². The van der Waals surface area contributed by atoms with Gasteiger partial charge in [0, 0.05) is 0 Å². The lowest BCUT2D eigenvalue weighted by Gasteiger charge is -2.32. The molecule has 0 amide bonds. The van der Waals surface area contributed by atoms with Crippen molar-refractivity contribution in [3.8, 4) is 0 Å². The summed E-state index contributed by atoms with van der Waals surface area (Å²) in [6.07, 6.45) is 15.7. The Morgan fingerprint density at radius 2 is 1.05 bits per heavy atom. The summed E-state index contributed by atoms with van der Waals surface area (Å²) < 4.78 is 57.1. The molecular weight excluding hydrogens is 576 g/mol. The fourth-order valence-corrected chi connectivity index (χ4v) is 5.93. The summed E-state index contributed by atoms with van der Waals surface area (Å²) in [6.45, 7) is 14.8. The van der Waals surface area contributed by atoms with E-state index in [9.17, 15) is 27.0 Å². The molecule has 0 aromatic rings. The molecule has 0 aromatic carbocycles. The molecule has 0 radical (unpaired) electrons. The predicted molar refractivity (Wildman–Crippen MR) is 173 cm³/mol.